The summed E-state index contributed by atoms with van der Waals surface area (Å²) in [7, 11) is 2.24. The summed E-state index contributed by atoms with van der Waals surface area (Å²) in [6.07, 6.45) is 9.18. The first kappa shape index (κ1) is 21.7. The number of fused-ring (bicyclic) bond motifs is 3. The first-order valence-electron chi connectivity index (χ1n) is 12.5. The van der Waals surface area contributed by atoms with Gasteiger partial charge in [-0.15, -0.1) is 0 Å². The number of piperidine rings is 1. The smallest absolute Gasteiger partial charge is 0.262 e. The fourth-order valence-electron chi connectivity index (χ4n) is 5.82. The standard InChI is InChI=1S/C28H32N2O4/c1-29-21-4-5-22(29)17-26(16-21)34-23-8-6-20(7-9-23)30-13-12-19-15-24(10-11-27(19)28(30)31)33-18-25-3-2-14-32-25/h6-13,15,21-22,25-26H,2-5,14,16-18H2,1H3/t21-,22+,25?,26?. The number of hydrogen-bond donors (Lipinski definition) is 0. The highest BCUT2D eigenvalue weighted by molar-refractivity contribution is 5.83. The van der Waals surface area contributed by atoms with Crippen molar-refractivity contribution in [1.29, 1.82) is 0 Å². The Balaban J connectivity index is 1.16. The van der Waals surface area contributed by atoms with Crippen LogP contribution in [0.15, 0.2) is 59.5 Å². The van der Waals surface area contributed by atoms with Crippen LogP contribution in [0.5, 0.6) is 11.5 Å². The number of pyridine rings is 1. The number of hydrogen-bond acceptors (Lipinski definition) is 5. The van der Waals surface area contributed by atoms with E-state index in [2.05, 4.69) is 11.9 Å². The topological polar surface area (TPSA) is 52.9 Å². The fourth-order valence-corrected chi connectivity index (χ4v) is 5.82. The van der Waals surface area contributed by atoms with Crippen molar-refractivity contribution in [3.63, 3.8) is 0 Å². The van der Waals surface area contributed by atoms with Crippen LogP contribution in [0.1, 0.15) is 38.5 Å². The van der Waals surface area contributed by atoms with Gasteiger partial charge in [-0.25, -0.2) is 0 Å². The molecule has 3 aromatic rings. The van der Waals surface area contributed by atoms with E-state index in [1.54, 1.807) is 4.57 Å². The van der Waals surface area contributed by atoms with Crippen molar-refractivity contribution >= 4 is 10.8 Å². The van der Waals surface area contributed by atoms with Crippen LogP contribution < -0.4 is 15.0 Å². The second-order valence-corrected chi connectivity index (χ2v) is 9.94. The Labute approximate surface area is 200 Å². The van der Waals surface area contributed by atoms with E-state index >= 15 is 0 Å². The highest BCUT2D eigenvalue weighted by Gasteiger charge is 2.39. The molecule has 4 heterocycles. The lowest BCUT2D eigenvalue weighted by molar-refractivity contribution is 0.0661. The van der Waals surface area contributed by atoms with Crippen molar-refractivity contribution < 1.29 is 14.2 Å². The molecular formula is C28H32N2O4. The maximum absolute atomic E-state index is 13.2. The van der Waals surface area contributed by atoms with Crippen LogP contribution in [0.4, 0.5) is 0 Å². The molecule has 6 rings (SSSR count). The average Bonchev–Trinajstić information content (AvgIpc) is 3.43. The van der Waals surface area contributed by atoms with E-state index in [-0.39, 0.29) is 17.8 Å². The number of aromatic nitrogens is 1. The monoisotopic (exact) mass is 460 g/mol. The Hall–Kier alpha value is -2.83. The Morgan fingerprint density at radius 1 is 0.971 bits per heavy atom. The molecule has 3 saturated heterocycles. The average molecular weight is 461 g/mol. The lowest BCUT2D eigenvalue weighted by atomic mass is 10.0. The minimum atomic E-state index is -0.0382. The van der Waals surface area contributed by atoms with Gasteiger partial charge < -0.3 is 19.1 Å². The predicted octanol–water partition coefficient (Wildman–Crippen LogP) is 4.55. The third-order valence-corrected chi connectivity index (χ3v) is 7.81. The molecule has 6 heteroatoms. The molecule has 34 heavy (non-hydrogen) atoms. The van der Waals surface area contributed by atoms with E-state index in [9.17, 15) is 4.79 Å². The summed E-state index contributed by atoms with van der Waals surface area (Å²) < 4.78 is 19.5. The quantitative estimate of drug-likeness (QED) is 0.540. The minimum Gasteiger partial charge on any atom is -0.491 e. The molecule has 0 radical (unpaired) electrons. The maximum atomic E-state index is 13.2. The van der Waals surface area contributed by atoms with Crippen molar-refractivity contribution in [2.75, 3.05) is 20.3 Å². The van der Waals surface area contributed by atoms with Gasteiger partial charge in [0, 0.05) is 36.0 Å². The zero-order valence-electron chi connectivity index (χ0n) is 19.7. The van der Waals surface area contributed by atoms with Crippen molar-refractivity contribution in [3.05, 3.63) is 65.1 Å². The summed E-state index contributed by atoms with van der Waals surface area (Å²) in [6.45, 7) is 1.37. The van der Waals surface area contributed by atoms with Crippen LogP contribution in [0.25, 0.3) is 16.5 Å². The zero-order valence-corrected chi connectivity index (χ0v) is 19.7. The van der Waals surface area contributed by atoms with Gasteiger partial charge >= 0.3 is 0 Å². The first-order valence-corrected chi connectivity index (χ1v) is 12.5. The molecule has 3 aliphatic heterocycles. The van der Waals surface area contributed by atoms with Crippen molar-refractivity contribution in [1.82, 2.24) is 9.47 Å². The molecule has 6 nitrogen and oxygen atoms in total. The molecule has 3 aliphatic rings. The van der Waals surface area contributed by atoms with E-state index in [4.69, 9.17) is 14.2 Å². The molecule has 0 aliphatic carbocycles. The van der Waals surface area contributed by atoms with Gasteiger partial charge in [-0.1, -0.05) is 0 Å². The molecule has 2 bridgehead atoms. The predicted molar refractivity (Wildman–Crippen MR) is 132 cm³/mol. The largest absolute Gasteiger partial charge is 0.491 e. The Kier molecular flexibility index (Phi) is 5.79. The normalized spacial score (nSPS) is 26.7. The zero-order chi connectivity index (χ0) is 23.1. The van der Waals surface area contributed by atoms with E-state index < -0.39 is 0 Å². The van der Waals surface area contributed by atoms with Crippen LogP contribution in [0, 0.1) is 0 Å². The molecule has 178 valence electrons. The van der Waals surface area contributed by atoms with E-state index in [1.807, 2.05) is 54.7 Å². The van der Waals surface area contributed by atoms with E-state index in [0.29, 0.717) is 24.1 Å². The Morgan fingerprint density at radius 3 is 2.47 bits per heavy atom. The van der Waals surface area contributed by atoms with Crippen LogP contribution in [-0.2, 0) is 4.74 Å². The summed E-state index contributed by atoms with van der Waals surface area (Å²) in [4.78, 5) is 15.7. The van der Waals surface area contributed by atoms with Gasteiger partial charge in [0.25, 0.3) is 5.56 Å². The third-order valence-electron chi connectivity index (χ3n) is 7.81. The summed E-state index contributed by atoms with van der Waals surface area (Å²) in [5.41, 5.74) is 0.796. The van der Waals surface area contributed by atoms with Gasteiger partial charge in [-0.05, 0) is 99.5 Å². The molecule has 0 amide bonds. The van der Waals surface area contributed by atoms with E-state index in [1.165, 1.54) is 12.8 Å². The minimum absolute atomic E-state index is 0.0382. The Morgan fingerprint density at radius 2 is 1.74 bits per heavy atom. The second kappa shape index (κ2) is 9.08. The molecule has 3 fully saturated rings. The highest BCUT2D eigenvalue weighted by Crippen LogP contribution is 2.36. The molecule has 0 saturated carbocycles. The van der Waals surface area contributed by atoms with Crippen molar-refractivity contribution in [2.45, 2.75) is 62.8 Å². The highest BCUT2D eigenvalue weighted by atomic mass is 16.5. The summed E-state index contributed by atoms with van der Waals surface area (Å²) in [5, 5.41) is 1.55. The van der Waals surface area contributed by atoms with Crippen molar-refractivity contribution in [3.8, 4) is 17.2 Å². The summed E-state index contributed by atoms with van der Waals surface area (Å²) in [6, 6.07) is 16.8. The fraction of sp³-hybridized carbons (Fsp3) is 0.464. The first-order chi connectivity index (χ1) is 16.6. The number of ether oxygens (including phenoxy) is 3. The lowest BCUT2D eigenvalue weighted by Crippen LogP contribution is -2.43. The van der Waals surface area contributed by atoms with Crippen LogP contribution in [0.3, 0.4) is 0 Å². The lowest BCUT2D eigenvalue weighted by Gasteiger charge is -2.36. The third kappa shape index (κ3) is 4.21. The summed E-state index contributed by atoms with van der Waals surface area (Å²) in [5.74, 6) is 1.64. The second-order valence-electron chi connectivity index (χ2n) is 9.94. The summed E-state index contributed by atoms with van der Waals surface area (Å²) >= 11 is 0. The molecule has 1 aromatic heterocycles. The SMILES string of the molecule is CN1[C@@H]2CC[C@H]1CC(Oc1ccc(-n3ccc4cc(OCC5CCCO5)ccc4c3=O)cc1)C2. The molecule has 0 spiro atoms. The number of nitrogens with zero attached hydrogens (tertiary/aromatic N) is 2. The van der Waals surface area contributed by atoms with Gasteiger partial charge in [-0.2, -0.15) is 0 Å². The van der Waals surface area contributed by atoms with Gasteiger partial charge in [0.2, 0.25) is 0 Å². The van der Waals surface area contributed by atoms with Crippen LogP contribution >= 0.6 is 0 Å². The van der Waals surface area contributed by atoms with Crippen LogP contribution in [-0.4, -0.2) is 54.0 Å². The van der Waals surface area contributed by atoms with Gasteiger partial charge in [0.05, 0.1) is 6.10 Å². The Bertz CT molecular complexity index is 1200. The van der Waals surface area contributed by atoms with E-state index in [0.717, 1.165) is 54.9 Å². The van der Waals surface area contributed by atoms with Gasteiger partial charge in [0.1, 0.15) is 24.2 Å². The van der Waals surface area contributed by atoms with Crippen LogP contribution in [0.2, 0.25) is 0 Å². The maximum Gasteiger partial charge on any atom is 0.262 e. The molecule has 0 N–H and O–H groups in total. The molecular weight excluding hydrogens is 428 g/mol. The van der Waals surface area contributed by atoms with Gasteiger partial charge in [-0.3, -0.25) is 9.36 Å². The van der Waals surface area contributed by atoms with Crippen molar-refractivity contribution in [2.24, 2.45) is 0 Å². The molecule has 4 atom stereocenters. The van der Waals surface area contributed by atoms with Gasteiger partial charge in [0.15, 0.2) is 0 Å². The molecule has 2 unspecified atom stereocenters. The molecule has 2 aromatic carbocycles. The number of benzene rings is 2. The number of rotatable bonds is 6.